The number of rotatable bonds is 11. The third kappa shape index (κ3) is 20.5. The summed E-state index contributed by atoms with van der Waals surface area (Å²) in [7, 11) is 7.35. The quantitative estimate of drug-likeness (QED) is 0.0634. The number of aromatic nitrogens is 12. The first-order valence-electron chi connectivity index (χ1n) is 33.8. The number of halogens is 5. The number of thiophene rings is 3. The maximum absolute atomic E-state index is 8.86. The van der Waals surface area contributed by atoms with Gasteiger partial charge in [-0.05, 0) is 198 Å². The van der Waals surface area contributed by atoms with E-state index < -0.39 is 23.0 Å². The number of pyridine rings is 3. The fraction of sp³-hybridized carbons (Fsp3) is 0.0241. The molecule has 15 nitrogen and oxygen atoms in total. The predicted molar refractivity (Wildman–Crippen MR) is 470 cm³/mol. The van der Waals surface area contributed by atoms with Crippen LogP contribution >= 0.6 is 115 Å². The molecule has 0 radical (unpaired) electrons. The van der Waals surface area contributed by atoms with Crippen molar-refractivity contribution in [2.45, 2.75) is 13.8 Å². The van der Waals surface area contributed by atoms with Gasteiger partial charge in [0.2, 0.25) is 0 Å². The number of benzene rings is 7. The molecule has 0 amide bonds. The molecule has 0 aliphatic rings. The van der Waals surface area contributed by atoms with E-state index in [1.807, 2.05) is 77.7 Å². The minimum absolute atomic E-state index is 0.106. The van der Waals surface area contributed by atoms with Crippen LogP contribution in [0.25, 0.3) is 68.7 Å². The summed E-state index contributed by atoms with van der Waals surface area (Å²) in [6.45, 7) is 4.22. The van der Waals surface area contributed by atoms with E-state index in [9.17, 15) is 0 Å². The van der Waals surface area contributed by atoms with Crippen molar-refractivity contribution < 1.29 is 26.0 Å². The normalized spacial score (nSPS) is 10.8. The number of nitrogens with zero attached hydrogens (tertiary/aromatic N) is 12. The van der Waals surface area contributed by atoms with Gasteiger partial charge >= 0.3 is 42.1 Å². The van der Waals surface area contributed by atoms with Gasteiger partial charge in [0.1, 0.15) is 25.4 Å². The van der Waals surface area contributed by atoms with E-state index in [4.69, 9.17) is 57.4 Å². The number of imidazole rings is 3. The van der Waals surface area contributed by atoms with E-state index in [0.717, 1.165) is 83.9 Å². The number of nitrogens with one attached hydrogen (secondary N) is 1. The molecule has 27 heteroatoms. The largest absolute Gasteiger partial charge is 0.0622 e. The summed E-state index contributed by atoms with van der Waals surface area (Å²) in [4.78, 5) is 28.0. The first-order valence-corrected chi connectivity index (χ1v) is 44.8. The van der Waals surface area contributed by atoms with Crippen LogP contribution < -0.4 is 41.9 Å². The third-order valence-corrected chi connectivity index (χ3v) is 25.9. The molecule has 110 heavy (non-hydrogen) atoms. The molecule has 0 saturated heterocycles. The second kappa shape index (κ2) is 39.2. The molecule has 0 saturated carbocycles. The van der Waals surface area contributed by atoms with Crippen LogP contribution in [-0.2, 0) is 15.9 Å². The van der Waals surface area contributed by atoms with Gasteiger partial charge in [0, 0.05) is 29.1 Å². The zero-order chi connectivity index (χ0) is 76.1. The molecule has 12 aromatic heterocycles. The van der Waals surface area contributed by atoms with Gasteiger partial charge in [0.05, 0.1) is 59.0 Å². The Labute approximate surface area is 689 Å². The van der Waals surface area contributed by atoms with E-state index >= 15 is 0 Å². The van der Waals surface area contributed by atoms with Crippen molar-refractivity contribution in [2.75, 3.05) is 5.32 Å². The van der Waals surface area contributed by atoms with Gasteiger partial charge in [0.15, 0.2) is 22.8 Å². The fourth-order valence-electron chi connectivity index (χ4n) is 11.3. The molecule has 0 spiro atoms. The third-order valence-electron chi connectivity index (χ3n) is 16.5. The summed E-state index contributed by atoms with van der Waals surface area (Å²) in [5, 5.41) is 43.5. The van der Waals surface area contributed by atoms with Gasteiger partial charge in [-0.3, -0.25) is 15.0 Å². The molecule has 0 aliphatic heterocycles. The van der Waals surface area contributed by atoms with Gasteiger partial charge < -0.3 is 15.4 Å². The Morgan fingerprint density at radius 2 is 0.755 bits per heavy atom. The summed E-state index contributed by atoms with van der Waals surface area (Å²) >= 11 is 18.4. The Hall–Kier alpha value is -9.07. The molecule has 12 heterocycles. The average molecular weight is 1820 g/mol. The van der Waals surface area contributed by atoms with Crippen LogP contribution in [0.15, 0.2) is 328 Å². The molecular formula is C83H63BCl4IN13O2P2PdS3. The van der Waals surface area contributed by atoms with Gasteiger partial charge in [0.25, 0.3) is 0 Å². The Balaban J connectivity index is 0.000000118. The molecule has 19 aromatic rings. The SMILES string of the molecule is Cc1ccc(Nc2ccc3ncc(-c4cc5ncccc5s4)n3n2)cc1C.Clc1ccc2ncc(-c3cc4ncccc4s3)n2n1.Clc1ccc2ncc(I)n2n1.OB(O)c1cc2ncccc2s1.[Cl][Pd][Cl].c1ccc(P(c2ccccc2)c2ccccc2)cc1.c1ccc(P(c2ccccc2)c2ccccc2)cc1. The molecule has 0 atom stereocenters. The molecule has 3 N–H and O–H groups in total. The van der Waals surface area contributed by atoms with Crippen molar-refractivity contribution >= 4 is 218 Å². The Bertz CT molecular complexity index is 5740. The smallest absolute Gasteiger partial charge is 0.0134 e. The van der Waals surface area contributed by atoms with Gasteiger partial charge in [-0.15, -0.1) is 39.1 Å². The number of hydrogen-bond acceptors (Lipinski definition) is 15. The van der Waals surface area contributed by atoms with Crippen LogP contribution in [0.2, 0.25) is 10.3 Å². The van der Waals surface area contributed by atoms with Crippen molar-refractivity contribution in [3.05, 3.63) is 354 Å². The summed E-state index contributed by atoms with van der Waals surface area (Å²) in [6, 6.07) is 99.6. The van der Waals surface area contributed by atoms with Crippen LogP contribution in [-0.4, -0.2) is 75.9 Å². The number of anilines is 2. The number of hydrogen-bond donors (Lipinski definition) is 3. The topological polar surface area (TPSA) is 182 Å². The molecule has 0 fully saturated rings. The van der Waals surface area contributed by atoms with Crippen LogP contribution in [0.5, 0.6) is 0 Å². The molecule has 0 unspecified atom stereocenters. The first-order chi connectivity index (χ1) is 53.8. The maximum Gasteiger partial charge on any atom is -0.0134 e. The standard InChI is InChI=1S/C21H17N5S.2C18H15P.C13H7ClN4S.C7H6BNO2S.C6H3ClIN3.2ClH.Pd/c1-13-5-6-15(10-14(13)2)24-20-7-8-21-23-12-17(26(21)25-20)19-11-16-18(27-19)4-3-9-22-16;2*1-4-10-16(11-5-1)19(17-12-6-2-7-13-17)18-14-8-3-9-15-18;14-12-3-4-13-16-7-9(18(13)17-12)11-6-8-10(19-11)2-1-5-15-8;10-8(11)7-4-5-6(12-7)2-1-3-9-5;7-4-1-2-6-9-3-5(8)11(6)10-4;;;/h3-12H,1-2H3,(H,24,25);2*1-15H;1-7H;1-4,10-11H;1-3H;2*1H;/q;;;;;;;;+2/p-2. The van der Waals surface area contributed by atoms with E-state index in [0.29, 0.717) is 15.1 Å². The predicted octanol–water partition coefficient (Wildman–Crippen LogP) is 19.3. The number of fused-ring (bicyclic) bond motifs is 6. The molecule has 19 rings (SSSR count). The van der Waals surface area contributed by atoms with Gasteiger partial charge in [-0.1, -0.05) is 211 Å². The zero-order valence-electron chi connectivity index (χ0n) is 58.3. The van der Waals surface area contributed by atoms with Crippen LogP contribution in [0, 0.1) is 17.5 Å². The van der Waals surface area contributed by atoms with Crippen molar-refractivity contribution in [2.24, 2.45) is 0 Å². The summed E-state index contributed by atoms with van der Waals surface area (Å²) in [5.74, 6) is 0.782. The molecule has 0 bridgehead atoms. The molecule has 548 valence electrons. The van der Waals surface area contributed by atoms with Crippen molar-refractivity contribution in [3.63, 3.8) is 0 Å². The summed E-state index contributed by atoms with van der Waals surface area (Å²) < 4.78 is 10.1. The molecule has 7 aromatic carbocycles. The van der Waals surface area contributed by atoms with Crippen molar-refractivity contribution in [3.8, 4) is 21.1 Å². The van der Waals surface area contributed by atoms with Gasteiger partial charge in [-0.2, -0.15) is 10.2 Å². The van der Waals surface area contributed by atoms with Gasteiger partial charge in [-0.25, -0.2) is 28.5 Å². The van der Waals surface area contributed by atoms with Crippen LogP contribution in [0.1, 0.15) is 11.1 Å². The van der Waals surface area contributed by atoms with E-state index in [1.165, 1.54) is 54.3 Å². The Morgan fingerprint density at radius 3 is 1.15 bits per heavy atom. The van der Waals surface area contributed by atoms with E-state index in [2.05, 4.69) is 300 Å². The number of aryl methyl sites for hydroxylation is 2. The van der Waals surface area contributed by atoms with E-state index in [-0.39, 0.29) is 15.9 Å². The second-order valence-corrected chi connectivity index (χ2v) is 35.7. The van der Waals surface area contributed by atoms with Crippen molar-refractivity contribution in [1.82, 2.24) is 58.7 Å². The fourth-order valence-corrected chi connectivity index (χ4v) is 19.6. The summed E-state index contributed by atoms with van der Waals surface area (Å²) in [6.07, 6.45) is 10.7. The van der Waals surface area contributed by atoms with Crippen LogP contribution in [0.3, 0.4) is 0 Å². The molecular weight excluding hydrogens is 1760 g/mol. The second-order valence-electron chi connectivity index (χ2n) is 23.8. The molecule has 0 aliphatic carbocycles. The van der Waals surface area contributed by atoms with Crippen LogP contribution in [0.4, 0.5) is 11.5 Å². The minimum Gasteiger partial charge on any atom is -0.0622 e. The Kier molecular flexibility index (Phi) is 28.2. The minimum atomic E-state index is -1.39. The zero-order valence-corrected chi connectivity index (χ0v) is 69.3. The maximum atomic E-state index is 8.86. The summed E-state index contributed by atoms with van der Waals surface area (Å²) in [5.41, 5.74) is 10.7. The monoisotopic (exact) mass is 1820 g/mol. The average Bonchev–Trinajstić information content (AvgIpc) is 1.62. The van der Waals surface area contributed by atoms with E-state index in [1.54, 1.807) is 68.5 Å². The Morgan fingerprint density at radius 1 is 0.391 bits per heavy atom. The van der Waals surface area contributed by atoms with Crippen molar-refractivity contribution in [1.29, 1.82) is 0 Å². The first kappa shape index (κ1) is 79.0.